The number of sulfonamides is 1. The molecule has 0 aliphatic heterocycles. The fraction of sp³-hybridized carbons (Fsp3) is 0.333. The van der Waals surface area contributed by atoms with Crippen molar-refractivity contribution in [3.05, 3.63) is 60.9 Å². The van der Waals surface area contributed by atoms with Crippen LogP contribution < -0.4 is 9.46 Å². The van der Waals surface area contributed by atoms with Crippen molar-refractivity contribution < 1.29 is 30.7 Å². The molecule has 2 atom stereocenters. The zero-order valence-electron chi connectivity index (χ0n) is 17.2. The minimum absolute atomic E-state index is 0.0536. The maximum Gasteiger partial charge on any atom is 0.573 e. The summed E-state index contributed by atoms with van der Waals surface area (Å²) in [6.07, 6.45) is 1.28. The van der Waals surface area contributed by atoms with Crippen LogP contribution in [0.25, 0.3) is 11.1 Å². The van der Waals surface area contributed by atoms with Gasteiger partial charge in [0, 0.05) is 17.6 Å². The number of halogens is 4. The Morgan fingerprint density at radius 1 is 1.03 bits per heavy atom. The van der Waals surface area contributed by atoms with Gasteiger partial charge in [0.25, 0.3) is 0 Å². The summed E-state index contributed by atoms with van der Waals surface area (Å²) in [5, 5.41) is 7.57. The smallest absolute Gasteiger partial charge is 0.406 e. The monoisotopic (exact) mass is 484 g/mol. The maximum absolute atomic E-state index is 14.7. The van der Waals surface area contributed by atoms with E-state index in [2.05, 4.69) is 19.7 Å². The predicted molar refractivity (Wildman–Crippen MR) is 110 cm³/mol. The van der Waals surface area contributed by atoms with Gasteiger partial charge in [0.2, 0.25) is 10.0 Å². The fourth-order valence-corrected chi connectivity index (χ4v) is 5.25. The van der Waals surface area contributed by atoms with Gasteiger partial charge in [0.15, 0.2) is 0 Å². The minimum Gasteiger partial charge on any atom is -0.406 e. The van der Waals surface area contributed by atoms with Crippen LogP contribution in [0.5, 0.6) is 5.75 Å². The maximum atomic E-state index is 14.7. The van der Waals surface area contributed by atoms with Gasteiger partial charge in [-0.1, -0.05) is 18.2 Å². The van der Waals surface area contributed by atoms with Gasteiger partial charge >= 0.3 is 6.36 Å². The molecule has 7 nitrogen and oxygen atoms in total. The fourth-order valence-electron chi connectivity index (χ4n) is 3.96. The molecule has 12 heteroatoms. The van der Waals surface area contributed by atoms with Crippen molar-refractivity contribution in [1.82, 2.24) is 19.5 Å². The molecule has 4 rings (SSSR count). The van der Waals surface area contributed by atoms with Crippen molar-refractivity contribution in [2.75, 3.05) is 0 Å². The van der Waals surface area contributed by atoms with Crippen molar-refractivity contribution in [2.45, 2.75) is 49.0 Å². The molecule has 1 aliphatic rings. The van der Waals surface area contributed by atoms with Gasteiger partial charge in [0.1, 0.15) is 24.2 Å². The lowest BCUT2D eigenvalue weighted by Crippen LogP contribution is -2.38. The number of nitrogens with one attached hydrogen (secondary N) is 1. The number of alkyl halides is 3. The highest BCUT2D eigenvalue weighted by Crippen LogP contribution is 2.31. The Bertz CT molecular complexity index is 1200. The van der Waals surface area contributed by atoms with E-state index in [1.54, 1.807) is 12.7 Å². The van der Waals surface area contributed by atoms with E-state index in [4.69, 9.17) is 0 Å². The van der Waals surface area contributed by atoms with E-state index in [0.29, 0.717) is 12.8 Å². The van der Waals surface area contributed by atoms with E-state index < -0.39 is 28.0 Å². The molecule has 0 bridgehead atoms. The van der Waals surface area contributed by atoms with Gasteiger partial charge < -0.3 is 9.30 Å². The molecule has 0 saturated heterocycles. The molecule has 1 N–H and O–H groups in total. The molecule has 0 spiro atoms. The first-order valence-corrected chi connectivity index (χ1v) is 11.6. The number of hydrogen-bond donors (Lipinski definition) is 1. The SMILES string of the molecule is O=S(=O)(N[C@H]1CCC[C@@H](n2cnnc2)C1)c1ccc(-c2ccc(OC(F)(F)F)cc2)c(F)c1. The molecule has 176 valence electrons. The van der Waals surface area contributed by atoms with Gasteiger partial charge in [-0.3, -0.25) is 0 Å². The second-order valence-electron chi connectivity index (χ2n) is 7.76. The molecule has 1 saturated carbocycles. The number of nitrogens with zero attached hydrogens (tertiary/aromatic N) is 3. The van der Waals surface area contributed by atoms with Crippen molar-refractivity contribution in [2.24, 2.45) is 0 Å². The quantitative estimate of drug-likeness (QED) is 0.523. The van der Waals surface area contributed by atoms with Crippen LogP contribution >= 0.6 is 0 Å². The van der Waals surface area contributed by atoms with Crippen LogP contribution in [0.15, 0.2) is 60.0 Å². The van der Waals surface area contributed by atoms with E-state index in [0.717, 1.165) is 31.0 Å². The number of ether oxygens (including phenoxy) is 1. The van der Waals surface area contributed by atoms with Crippen LogP contribution in [0.2, 0.25) is 0 Å². The van der Waals surface area contributed by atoms with Crippen LogP contribution in [0.3, 0.4) is 0 Å². The molecule has 1 fully saturated rings. The molecule has 0 radical (unpaired) electrons. The third-order valence-corrected chi connectivity index (χ3v) is 6.99. The largest absolute Gasteiger partial charge is 0.573 e. The summed E-state index contributed by atoms with van der Waals surface area (Å²) in [6, 6.07) is 7.85. The van der Waals surface area contributed by atoms with Gasteiger partial charge in [-0.05, 0) is 55.5 Å². The van der Waals surface area contributed by atoms with Gasteiger partial charge in [-0.2, -0.15) is 0 Å². The molecule has 33 heavy (non-hydrogen) atoms. The number of rotatable bonds is 6. The standard InChI is InChI=1S/C21H20F4N4O3S/c22-20-11-18(8-9-19(20)14-4-6-17(7-5-14)32-21(23,24)25)33(30,31)28-15-2-1-3-16(10-15)29-12-26-27-13-29/h4-9,11-13,15-16,28H,1-3,10H2/t15-,16+/m0/s1. The number of hydrogen-bond acceptors (Lipinski definition) is 5. The normalized spacial score (nSPS) is 19.4. The summed E-state index contributed by atoms with van der Waals surface area (Å²) in [5.74, 6) is -1.25. The molecule has 2 aromatic carbocycles. The summed E-state index contributed by atoms with van der Waals surface area (Å²) < 4.78 is 85.6. The molecular formula is C21H20F4N4O3S. The molecule has 3 aromatic rings. The lowest BCUT2D eigenvalue weighted by molar-refractivity contribution is -0.274. The number of aromatic nitrogens is 3. The van der Waals surface area contributed by atoms with Crippen LogP contribution in [0, 0.1) is 5.82 Å². The Labute approximate surface area is 187 Å². The Morgan fingerprint density at radius 2 is 1.73 bits per heavy atom. The summed E-state index contributed by atoms with van der Waals surface area (Å²) >= 11 is 0. The second-order valence-corrected chi connectivity index (χ2v) is 9.48. The number of benzene rings is 2. The third kappa shape index (κ3) is 5.69. The second kappa shape index (κ2) is 9.10. The molecule has 1 aliphatic carbocycles. The van der Waals surface area contributed by atoms with E-state index in [1.165, 1.54) is 24.3 Å². The lowest BCUT2D eigenvalue weighted by Gasteiger charge is -2.30. The summed E-state index contributed by atoms with van der Waals surface area (Å²) in [5.41, 5.74) is 0.334. The Kier molecular flexibility index (Phi) is 6.39. The summed E-state index contributed by atoms with van der Waals surface area (Å²) in [6.45, 7) is 0. The van der Waals surface area contributed by atoms with Gasteiger partial charge in [-0.15, -0.1) is 23.4 Å². The summed E-state index contributed by atoms with van der Waals surface area (Å²) in [4.78, 5) is -0.229. The first-order chi connectivity index (χ1) is 15.6. The van der Waals surface area contributed by atoms with Gasteiger partial charge in [-0.25, -0.2) is 17.5 Å². The van der Waals surface area contributed by atoms with Crippen LogP contribution in [-0.2, 0) is 10.0 Å². The molecular weight excluding hydrogens is 464 g/mol. The first-order valence-electron chi connectivity index (χ1n) is 10.1. The van der Waals surface area contributed by atoms with E-state index in [1.807, 2.05) is 4.57 Å². The van der Waals surface area contributed by atoms with Crippen molar-refractivity contribution in [1.29, 1.82) is 0 Å². The molecule has 0 unspecified atom stereocenters. The van der Waals surface area contributed by atoms with Crippen LogP contribution in [-0.4, -0.2) is 35.6 Å². The Hall–Kier alpha value is -2.99. The molecule has 1 heterocycles. The zero-order valence-corrected chi connectivity index (χ0v) is 18.0. The third-order valence-electron chi connectivity index (χ3n) is 5.48. The van der Waals surface area contributed by atoms with Gasteiger partial charge in [0.05, 0.1) is 4.90 Å². The summed E-state index contributed by atoms with van der Waals surface area (Å²) in [7, 11) is -3.98. The van der Waals surface area contributed by atoms with Crippen molar-refractivity contribution >= 4 is 10.0 Å². The van der Waals surface area contributed by atoms with Crippen molar-refractivity contribution in [3.8, 4) is 16.9 Å². The van der Waals surface area contributed by atoms with Crippen LogP contribution in [0.4, 0.5) is 17.6 Å². The lowest BCUT2D eigenvalue weighted by atomic mass is 9.91. The average molecular weight is 484 g/mol. The Morgan fingerprint density at radius 3 is 2.36 bits per heavy atom. The van der Waals surface area contributed by atoms with E-state index in [9.17, 15) is 26.0 Å². The highest BCUT2D eigenvalue weighted by atomic mass is 32.2. The molecule has 0 amide bonds. The zero-order chi connectivity index (χ0) is 23.6. The molecule has 1 aromatic heterocycles. The Balaban J connectivity index is 1.47. The van der Waals surface area contributed by atoms with Crippen molar-refractivity contribution in [3.63, 3.8) is 0 Å². The first kappa shape index (κ1) is 23.2. The van der Waals surface area contributed by atoms with Crippen LogP contribution in [0.1, 0.15) is 31.7 Å². The highest BCUT2D eigenvalue weighted by molar-refractivity contribution is 7.89. The highest BCUT2D eigenvalue weighted by Gasteiger charge is 2.31. The average Bonchev–Trinajstić information content (AvgIpc) is 3.28. The topological polar surface area (TPSA) is 86.1 Å². The van der Waals surface area contributed by atoms with E-state index in [-0.39, 0.29) is 28.1 Å². The minimum atomic E-state index is -4.83. The predicted octanol–water partition coefficient (Wildman–Crippen LogP) is 4.45. The van der Waals surface area contributed by atoms with E-state index >= 15 is 0 Å².